The minimum Gasteiger partial charge on any atom is -0.322 e. The van der Waals surface area contributed by atoms with Crippen molar-refractivity contribution in [3.63, 3.8) is 0 Å². The molecule has 0 spiro atoms. The lowest BCUT2D eigenvalue weighted by Crippen LogP contribution is -2.13. The summed E-state index contributed by atoms with van der Waals surface area (Å²) in [6, 6.07) is 13.9. The Morgan fingerprint density at radius 1 is 1.08 bits per heavy atom. The van der Waals surface area contributed by atoms with Gasteiger partial charge >= 0.3 is 0 Å². The fourth-order valence-corrected chi connectivity index (χ4v) is 3.43. The molecule has 0 unspecified atom stereocenters. The molecule has 0 bridgehead atoms. The average Bonchev–Trinajstić information content (AvgIpc) is 2.63. The Hall–Kier alpha value is -2.33. The lowest BCUT2D eigenvalue weighted by Gasteiger charge is -2.09. The van der Waals surface area contributed by atoms with E-state index in [1.807, 2.05) is 30.3 Å². The second kappa shape index (κ2) is 7.50. The molecular weight excluding hydrogens is 465 g/mol. The summed E-state index contributed by atoms with van der Waals surface area (Å²) in [5, 5.41) is 2.73. The fourth-order valence-electron chi connectivity index (χ4n) is 2.26. The molecule has 2 heterocycles. The van der Waals surface area contributed by atoms with Crippen molar-refractivity contribution in [3.8, 4) is 11.3 Å². The summed E-state index contributed by atoms with van der Waals surface area (Å²) in [7, 11) is -3.40. The van der Waals surface area contributed by atoms with Gasteiger partial charge in [-0.15, -0.1) is 0 Å². The Bertz CT molecular complexity index is 1050. The molecule has 1 amide bonds. The van der Waals surface area contributed by atoms with Crippen LogP contribution in [0.1, 0.15) is 10.4 Å². The van der Waals surface area contributed by atoms with E-state index in [2.05, 4.69) is 37.9 Å². The minimum absolute atomic E-state index is 0.0687. The number of hydrogen-bond acceptors (Lipinski definition) is 5. The molecule has 2 aromatic heterocycles. The second-order valence-corrected chi connectivity index (χ2v) is 8.65. The molecule has 3 rings (SSSR count). The smallest absolute Gasteiger partial charge is 0.257 e. The maximum absolute atomic E-state index is 12.4. The van der Waals surface area contributed by atoms with Gasteiger partial charge in [0, 0.05) is 33.5 Å². The van der Waals surface area contributed by atoms with Gasteiger partial charge in [0.15, 0.2) is 14.9 Å². The highest BCUT2D eigenvalue weighted by Crippen LogP contribution is 2.27. The molecule has 0 fully saturated rings. The van der Waals surface area contributed by atoms with Crippen LogP contribution in [-0.2, 0) is 9.84 Å². The van der Waals surface area contributed by atoms with Crippen LogP contribution in [0.4, 0.5) is 5.69 Å². The first-order valence-corrected chi connectivity index (χ1v) is 10.5. The van der Waals surface area contributed by atoms with Crippen LogP contribution in [-0.4, -0.2) is 30.5 Å². The molecule has 0 radical (unpaired) electrons. The van der Waals surface area contributed by atoms with E-state index in [1.165, 1.54) is 18.3 Å². The third-order valence-corrected chi connectivity index (χ3v) is 5.49. The third-order valence-electron chi connectivity index (χ3n) is 3.54. The van der Waals surface area contributed by atoms with Gasteiger partial charge in [-0.2, -0.15) is 0 Å². The van der Waals surface area contributed by atoms with Crippen LogP contribution in [0.15, 0.2) is 66.0 Å². The van der Waals surface area contributed by atoms with E-state index in [4.69, 9.17) is 0 Å². The van der Waals surface area contributed by atoms with Crippen molar-refractivity contribution in [2.45, 2.75) is 5.03 Å². The molecule has 0 atom stereocenters. The van der Waals surface area contributed by atoms with E-state index < -0.39 is 9.84 Å². The van der Waals surface area contributed by atoms with Gasteiger partial charge in [-0.05, 0) is 65.1 Å². The van der Waals surface area contributed by atoms with Gasteiger partial charge in [-0.3, -0.25) is 9.78 Å². The molecule has 0 aliphatic heterocycles. The monoisotopic (exact) mass is 479 g/mol. The first-order valence-electron chi connectivity index (χ1n) is 7.53. The van der Waals surface area contributed by atoms with Gasteiger partial charge in [0.1, 0.15) is 0 Å². The van der Waals surface area contributed by atoms with E-state index in [-0.39, 0.29) is 16.5 Å². The van der Waals surface area contributed by atoms with Crippen LogP contribution in [0.2, 0.25) is 0 Å². The number of sulfone groups is 1. The first-order chi connectivity index (χ1) is 12.3. The van der Waals surface area contributed by atoms with Crippen molar-refractivity contribution in [2.24, 2.45) is 0 Å². The summed E-state index contributed by atoms with van der Waals surface area (Å²) in [5.41, 5.74) is 2.61. The lowest BCUT2D eigenvalue weighted by molar-refractivity contribution is 0.102. The van der Waals surface area contributed by atoms with Crippen LogP contribution in [0.5, 0.6) is 0 Å². The molecule has 0 aliphatic rings. The summed E-state index contributed by atoms with van der Waals surface area (Å²) in [6.45, 7) is 0. The highest BCUT2D eigenvalue weighted by atomic mass is 127. The average molecular weight is 479 g/mol. The van der Waals surface area contributed by atoms with Gasteiger partial charge in [0.05, 0.1) is 11.3 Å². The van der Waals surface area contributed by atoms with Crippen molar-refractivity contribution >= 4 is 44.0 Å². The Morgan fingerprint density at radius 3 is 2.50 bits per heavy atom. The topological polar surface area (TPSA) is 89.0 Å². The normalized spacial score (nSPS) is 11.2. The Labute approximate surface area is 164 Å². The van der Waals surface area contributed by atoms with Gasteiger partial charge in [-0.25, -0.2) is 13.4 Å². The van der Waals surface area contributed by atoms with Gasteiger partial charge < -0.3 is 5.32 Å². The Morgan fingerprint density at radius 2 is 1.88 bits per heavy atom. The molecule has 1 N–H and O–H groups in total. The second-order valence-electron chi connectivity index (χ2n) is 5.52. The molecule has 0 saturated heterocycles. The quantitative estimate of drug-likeness (QED) is 0.580. The summed E-state index contributed by atoms with van der Waals surface area (Å²) in [4.78, 5) is 20.6. The van der Waals surface area contributed by atoms with Crippen LogP contribution < -0.4 is 5.32 Å². The predicted molar refractivity (Wildman–Crippen MR) is 108 cm³/mol. The number of carbonyl (C=O) groups excluding carboxylic acids is 1. The number of amides is 1. The Balaban J connectivity index is 1.84. The number of nitrogens with one attached hydrogen (secondary N) is 1. The van der Waals surface area contributed by atoms with Crippen LogP contribution in [0.25, 0.3) is 11.3 Å². The first kappa shape index (κ1) is 18.5. The maximum Gasteiger partial charge on any atom is 0.257 e. The zero-order valence-corrected chi connectivity index (χ0v) is 16.7. The van der Waals surface area contributed by atoms with E-state index >= 15 is 0 Å². The molecule has 0 aliphatic carbocycles. The number of hydrogen-bond donors (Lipinski definition) is 1. The number of pyridine rings is 2. The summed E-state index contributed by atoms with van der Waals surface area (Å²) >= 11 is 2.22. The number of anilines is 1. The zero-order chi connectivity index (χ0) is 18.7. The molecule has 26 heavy (non-hydrogen) atoms. The van der Waals surface area contributed by atoms with Crippen LogP contribution >= 0.6 is 22.6 Å². The number of carbonyl (C=O) groups is 1. The molecule has 6 nitrogen and oxygen atoms in total. The summed E-state index contributed by atoms with van der Waals surface area (Å²) < 4.78 is 23.9. The number of halogens is 1. The molecule has 132 valence electrons. The minimum atomic E-state index is -3.40. The van der Waals surface area contributed by atoms with E-state index in [0.29, 0.717) is 5.69 Å². The van der Waals surface area contributed by atoms with Crippen molar-refractivity contribution in [1.82, 2.24) is 9.97 Å². The standard InChI is InChI=1S/C18H14IN3O3S/c1-26(24,25)17-8-5-12(11-21-17)18(23)22-13-6-7-15(19)14(10-13)16-4-2-3-9-20-16/h2-11H,1H3,(H,22,23). The zero-order valence-electron chi connectivity index (χ0n) is 13.7. The summed E-state index contributed by atoms with van der Waals surface area (Å²) in [5.74, 6) is -0.370. The van der Waals surface area contributed by atoms with Gasteiger partial charge in [0.25, 0.3) is 5.91 Å². The van der Waals surface area contributed by atoms with E-state index in [0.717, 1.165) is 21.1 Å². The van der Waals surface area contributed by atoms with Crippen molar-refractivity contribution < 1.29 is 13.2 Å². The van der Waals surface area contributed by atoms with Crippen molar-refractivity contribution in [3.05, 3.63) is 70.1 Å². The highest BCUT2D eigenvalue weighted by molar-refractivity contribution is 14.1. The van der Waals surface area contributed by atoms with Crippen molar-refractivity contribution in [2.75, 3.05) is 11.6 Å². The number of nitrogens with zero attached hydrogens (tertiary/aromatic N) is 2. The highest BCUT2D eigenvalue weighted by Gasteiger charge is 2.12. The molecule has 0 saturated carbocycles. The number of benzene rings is 1. The molecule has 3 aromatic rings. The van der Waals surface area contributed by atoms with Crippen molar-refractivity contribution in [1.29, 1.82) is 0 Å². The van der Waals surface area contributed by atoms with Crippen LogP contribution in [0.3, 0.4) is 0 Å². The lowest BCUT2D eigenvalue weighted by atomic mass is 10.1. The Kier molecular flexibility index (Phi) is 5.33. The maximum atomic E-state index is 12.4. The molecular formula is C18H14IN3O3S. The third kappa shape index (κ3) is 4.25. The SMILES string of the molecule is CS(=O)(=O)c1ccc(C(=O)Nc2ccc(I)c(-c3ccccn3)c2)cn1. The summed E-state index contributed by atoms with van der Waals surface area (Å²) in [6.07, 6.45) is 4.03. The predicted octanol–water partition coefficient (Wildman–Crippen LogP) is 3.40. The van der Waals surface area contributed by atoms with Gasteiger partial charge in [-0.1, -0.05) is 6.07 Å². The van der Waals surface area contributed by atoms with E-state index in [1.54, 1.807) is 12.3 Å². The van der Waals surface area contributed by atoms with Gasteiger partial charge in [0.2, 0.25) is 0 Å². The largest absolute Gasteiger partial charge is 0.322 e. The number of aromatic nitrogens is 2. The van der Waals surface area contributed by atoms with Crippen LogP contribution in [0, 0.1) is 3.57 Å². The van der Waals surface area contributed by atoms with E-state index in [9.17, 15) is 13.2 Å². The fraction of sp³-hybridized carbons (Fsp3) is 0.0556. The molecule has 1 aromatic carbocycles. The molecule has 8 heteroatoms. The number of rotatable bonds is 4.